The van der Waals surface area contributed by atoms with Gasteiger partial charge in [-0.15, -0.1) is 0 Å². The summed E-state index contributed by atoms with van der Waals surface area (Å²) in [6, 6.07) is 0.619. The Bertz CT molecular complexity index is 333. The molecule has 0 spiro atoms. The molecule has 0 N–H and O–H groups in total. The first-order chi connectivity index (χ1) is 9.15. The molecular formula is C15H27NO3. The fourth-order valence-electron chi connectivity index (χ4n) is 5.06. The fraction of sp³-hybridized carbons (Fsp3) is 1.00. The molecule has 4 heteroatoms. The zero-order valence-electron chi connectivity index (χ0n) is 12.6. The molecule has 110 valence electrons. The van der Waals surface area contributed by atoms with Crippen LogP contribution in [0.15, 0.2) is 0 Å². The molecule has 1 heterocycles. The molecule has 2 saturated carbocycles. The van der Waals surface area contributed by atoms with Crippen LogP contribution in [0, 0.1) is 17.3 Å². The van der Waals surface area contributed by atoms with Gasteiger partial charge in [-0.25, -0.2) is 0 Å². The van der Waals surface area contributed by atoms with Gasteiger partial charge in [-0.05, 0) is 31.6 Å². The minimum atomic E-state index is -0.0899. The Morgan fingerprint density at radius 3 is 2.63 bits per heavy atom. The average Bonchev–Trinajstić information content (AvgIpc) is 2.99. The van der Waals surface area contributed by atoms with Gasteiger partial charge >= 0.3 is 0 Å². The van der Waals surface area contributed by atoms with Crippen molar-refractivity contribution in [1.29, 1.82) is 0 Å². The molecule has 4 nitrogen and oxygen atoms in total. The highest BCUT2D eigenvalue weighted by atomic mass is 16.7. The molecule has 2 aliphatic carbocycles. The first kappa shape index (κ1) is 13.8. The molecule has 1 saturated heterocycles. The molecular weight excluding hydrogens is 242 g/mol. The molecule has 5 atom stereocenters. The lowest BCUT2D eigenvalue weighted by Gasteiger charge is -2.47. The summed E-state index contributed by atoms with van der Waals surface area (Å²) in [6.07, 6.45) is 5.15. The van der Waals surface area contributed by atoms with Gasteiger partial charge in [0.15, 0.2) is 6.29 Å². The molecule has 0 bridgehead atoms. The summed E-state index contributed by atoms with van der Waals surface area (Å²) < 4.78 is 11.2. The van der Waals surface area contributed by atoms with E-state index in [0.717, 1.165) is 19.4 Å². The molecule has 0 aromatic carbocycles. The van der Waals surface area contributed by atoms with Crippen molar-refractivity contribution in [3.63, 3.8) is 0 Å². The summed E-state index contributed by atoms with van der Waals surface area (Å²) in [4.78, 5) is 6.14. The van der Waals surface area contributed by atoms with Crippen LogP contribution in [0.4, 0.5) is 0 Å². The van der Waals surface area contributed by atoms with Gasteiger partial charge in [0.25, 0.3) is 0 Å². The summed E-state index contributed by atoms with van der Waals surface area (Å²) >= 11 is 0. The van der Waals surface area contributed by atoms with Crippen LogP contribution in [-0.4, -0.2) is 44.3 Å². The van der Waals surface area contributed by atoms with Crippen LogP contribution in [0.25, 0.3) is 0 Å². The van der Waals surface area contributed by atoms with Crippen LogP contribution in [-0.2, 0) is 14.3 Å². The zero-order chi connectivity index (χ0) is 13.6. The van der Waals surface area contributed by atoms with E-state index in [0.29, 0.717) is 24.0 Å². The molecule has 0 unspecified atom stereocenters. The lowest BCUT2D eigenvalue weighted by Crippen LogP contribution is -2.49. The van der Waals surface area contributed by atoms with E-state index >= 15 is 0 Å². The van der Waals surface area contributed by atoms with Crippen LogP contribution in [0.1, 0.15) is 39.5 Å². The lowest BCUT2D eigenvalue weighted by molar-refractivity contribution is -0.221. The number of hydroxylamine groups is 2. The number of hydrogen-bond donors (Lipinski definition) is 0. The van der Waals surface area contributed by atoms with Gasteiger partial charge in [-0.1, -0.05) is 13.8 Å². The van der Waals surface area contributed by atoms with Crippen LogP contribution in [0.3, 0.4) is 0 Å². The van der Waals surface area contributed by atoms with Gasteiger partial charge in [0, 0.05) is 38.1 Å². The topological polar surface area (TPSA) is 30.9 Å². The molecule has 1 aliphatic heterocycles. The summed E-state index contributed by atoms with van der Waals surface area (Å²) in [5, 5.41) is 2.23. The predicted molar refractivity (Wildman–Crippen MR) is 72.4 cm³/mol. The van der Waals surface area contributed by atoms with E-state index in [9.17, 15) is 0 Å². The molecule has 0 amide bonds. The predicted octanol–water partition coefficient (Wildman–Crippen LogP) is 2.44. The number of nitrogens with zero attached hydrogens (tertiary/aromatic N) is 1. The summed E-state index contributed by atoms with van der Waals surface area (Å²) in [6.45, 7) is 5.54. The molecule has 3 rings (SSSR count). The van der Waals surface area contributed by atoms with Gasteiger partial charge < -0.3 is 9.47 Å². The second kappa shape index (κ2) is 4.99. The van der Waals surface area contributed by atoms with E-state index in [1.165, 1.54) is 12.8 Å². The van der Waals surface area contributed by atoms with E-state index < -0.39 is 0 Å². The summed E-state index contributed by atoms with van der Waals surface area (Å²) in [5.41, 5.74) is 0.131. The van der Waals surface area contributed by atoms with Crippen LogP contribution < -0.4 is 0 Å². The van der Waals surface area contributed by atoms with E-state index in [-0.39, 0.29) is 11.7 Å². The highest BCUT2D eigenvalue weighted by Gasteiger charge is 2.60. The second-order valence-corrected chi connectivity index (χ2v) is 6.55. The Kier molecular flexibility index (Phi) is 3.63. The van der Waals surface area contributed by atoms with E-state index in [1.807, 2.05) is 0 Å². The smallest absolute Gasteiger partial charge is 0.162 e. The third kappa shape index (κ3) is 1.88. The van der Waals surface area contributed by atoms with Crippen molar-refractivity contribution >= 4 is 0 Å². The molecule has 3 fully saturated rings. The van der Waals surface area contributed by atoms with Crippen LogP contribution >= 0.6 is 0 Å². The van der Waals surface area contributed by atoms with Crippen LogP contribution in [0.2, 0.25) is 0 Å². The van der Waals surface area contributed by atoms with Gasteiger partial charge in [-0.2, -0.15) is 5.06 Å². The van der Waals surface area contributed by atoms with Crippen molar-refractivity contribution in [3.05, 3.63) is 0 Å². The summed E-state index contributed by atoms with van der Waals surface area (Å²) in [5.74, 6) is 1.34. The first-order valence-electron chi connectivity index (χ1n) is 7.64. The maximum atomic E-state index is 6.14. The highest BCUT2D eigenvalue weighted by molar-refractivity contribution is 5.07. The van der Waals surface area contributed by atoms with E-state index in [2.05, 4.69) is 18.9 Å². The van der Waals surface area contributed by atoms with Crippen LogP contribution in [0.5, 0.6) is 0 Å². The number of methoxy groups -OCH3 is 2. The Morgan fingerprint density at radius 2 is 2.00 bits per heavy atom. The Labute approximate surface area is 116 Å². The Morgan fingerprint density at radius 1 is 1.26 bits per heavy atom. The average molecular weight is 269 g/mol. The quantitative estimate of drug-likeness (QED) is 0.734. The minimum absolute atomic E-state index is 0.0899. The normalized spacial score (nSPS) is 45.9. The van der Waals surface area contributed by atoms with Crippen molar-refractivity contribution in [3.8, 4) is 0 Å². The third-order valence-electron chi connectivity index (χ3n) is 5.85. The summed E-state index contributed by atoms with van der Waals surface area (Å²) in [7, 11) is 3.53. The maximum Gasteiger partial charge on any atom is 0.162 e. The Balaban J connectivity index is 1.86. The lowest BCUT2D eigenvalue weighted by atomic mass is 9.62. The maximum absolute atomic E-state index is 6.14. The van der Waals surface area contributed by atoms with Gasteiger partial charge in [-0.3, -0.25) is 4.84 Å². The first-order valence-corrected chi connectivity index (χ1v) is 7.64. The highest BCUT2D eigenvalue weighted by Crippen LogP contribution is 2.58. The molecule has 0 aromatic rings. The fourth-order valence-corrected chi connectivity index (χ4v) is 5.06. The third-order valence-corrected chi connectivity index (χ3v) is 5.85. The van der Waals surface area contributed by atoms with Crippen molar-refractivity contribution in [1.82, 2.24) is 5.06 Å². The van der Waals surface area contributed by atoms with E-state index in [4.69, 9.17) is 14.3 Å². The van der Waals surface area contributed by atoms with Gasteiger partial charge in [0.1, 0.15) is 0 Å². The molecule has 0 radical (unpaired) electrons. The molecule has 0 aromatic heterocycles. The van der Waals surface area contributed by atoms with Crippen molar-refractivity contribution in [2.24, 2.45) is 17.3 Å². The minimum Gasteiger partial charge on any atom is -0.355 e. The van der Waals surface area contributed by atoms with Crippen molar-refractivity contribution in [2.75, 3.05) is 20.8 Å². The largest absolute Gasteiger partial charge is 0.355 e. The SMILES string of the molecule is CCN1O[C@H]2CC[C@@](C)(C(OC)OC)[C@H]3CC[C@@H]1[C@@H]23. The standard InChI is InChI=1S/C15H27NO3/c1-5-16-11-7-6-10-13(11)12(19-16)8-9-15(10,2)14(17-3)18-4/h10-14H,5-9H2,1-4H3/t10-,11+,12-,13-,15+/m0/s1. The van der Waals surface area contributed by atoms with Crippen molar-refractivity contribution < 1.29 is 14.3 Å². The molecule has 19 heavy (non-hydrogen) atoms. The molecule has 3 aliphatic rings. The van der Waals surface area contributed by atoms with Gasteiger partial charge in [0.2, 0.25) is 0 Å². The van der Waals surface area contributed by atoms with Crippen molar-refractivity contribution in [2.45, 2.75) is 58.0 Å². The van der Waals surface area contributed by atoms with E-state index in [1.54, 1.807) is 14.2 Å². The number of hydrogen-bond acceptors (Lipinski definition) is 4. The number of ether oxygens (including phenoxy) is 2. The Hall–Kier alpha value is -0.160. The number of rotatable bonds is 4. The zero-order valence-corrected chi connectivity index (χ0v) is 12.6. The second-order valence-electron chi connectivity index (χ2n) is 6.55. The van der Waals surface area contributed by atoms with Gasteiger partial charge in [0.05, 0.1) is 6.10 Å². The monoisotopic (exact) mass is 269 g/mol.